The molecule has 1 aliphatic carbocycles. The van der Waals surface area contributed by atoms with Crippen molar-refractivity contribution in [3.05, 3.63) is 11.6 Å². The van der Waals surface area contributed by atoms with Crippen molar-refractivity contribution in [1.82, 2.24) is 5.32 Å². The molecule has 0 aromatic heterocycles. The summed E-state index contributed by atoms with van der Waals surface area (Å²) in [5, 5.41) is 2.88. The predicted octanol–water partition coefficient (Wildman–Crippen LogP) is 1.61. The summed E-state index contributed by atoms with van der Waals surface area (Å²) in [5.74, 6) is 0.157. The first-order valence-corrected chi connectivity index (χ1v) is 6.48. The first-order valence-electron chi connectivity index (χ1n) is 6.48. The third kappa shape index (κ3) is 3.59. The molecule has 18 heavy (non-hydrogen) atoms. The number of nitrogens with two attached hydrogens (primary N) is 1. The summed E-state index contributed by atoms with van der Waals surface area (Å²) in [5.41, 5.74) is 6.34. The monoisotopic (exact) mass is 252 g/mol. The maximum Gasteiger partial charge on any atom is 0.224 e. The summed E-state index contributed by atoms with van der Waals surface area (Å²) in [6.45, 7) is 8.86. The van der Waals surface area contributed by atoms with E-state index in [1.165, 1.54) is 5.57 Å². The molecule has 0 heterocycles. The molecule has 0 unspecified atom stereocenters. The first kappa shape index (κ1) is 14.7. The second-order valence-electron chi connectivity index (χ2n) is 5.93. The highest BCUT2D eigenvalue weighted by Crippen LogP contribution is 2.59. The molecule has 2 amide bonds. The molecule has 1 fully saturated rings. The van der Waals surface area contributed by atoms with E-state index in [0.29, 0.717) is 25.3 Å². The Labute approximate surface area is 109 Å². The SMILES string of the molecule is CC(C)=C[C@H]1[C@@H](C(=O)NCCCC(N)=O)C1(C)C. The predicted molar refractivity (Wildman–Crippen MR) is 71.6 cm³/mol. The number of carbonyl (C=O) groups is 2. The summed E-state index contributed by atoms with van der Waals surface area (Å²) in [7, 11) is 0. The van der Waals surface area contributed by atoms with Crippen molar-refractivity contribution < 1.29 is 9.59 Å². The van der Waals surface area contributed by atoms with Gasteiger partial charge in [-0.15, -0.1) is 0 Å². The molecule has 1 saturated carbocycles. The number of hydrogen-bond donors (Lipinski definition) is 2. The van der Waals surface area contributed by atoms with E-state index in [-0.39, 0.29) is 23.1 Å². The Kier molecular flexibility index (Phi) is 4.54. The van der Waals surface area contributed by atoms with Crippen molar-refractivity contribution >= 4 is 11.8 Å². The van der Waals surface area contributed by atoms with Crippen LogP contribution in [0.5, 0.6) is 0 Å². The normalized spacial score (nSPS) is 24.2. The molecule has 1 aliphatic rings. The molecule has 0 radical (unpaired) electrons. The average molecular weight is 252 g/mol. The molecule has 2 atom stereocenters. The maximum absolute atomic E-state index is 12.0. The Morgan fingerprint density at radius 2 is 1.94 bits per heavy atom. The van der Waals surface area contributed by atoms with Crippen LogP contribution in [-0.4, -0.2) is 18.4 Å². The number of hydrogen-bond acceptors (Lipinski definition) is 2. The van der Waals surface area contributed by atoms with Gasteiger partial charge >= 0.3 is 0 Å². The number of rotatable bonds is 6. The van der Waals surface area contributed by atoms with Crippen molar-refractivity contribution in [2.75, 3.05) is 6.54 Å². The smallest absolute Gasteiger partial charge is 0.224 e. The van der Waals surface area contributed by atoms with Gasteiger partial charge in [-0.1, -0.05) is 25.5 Å². The number of nitrogens with one attached hydrogen (secondary N) is 1. The summed E-state index contributed by atoms with van der Waals surface area (Å²) in [4.78, 5) is 22.6. The van der Waals surface area contributed by atoms with Crippen LogP contribution in [0, 0.1) is 17.3 Å². The van der Waals surface area contributed by atoms with Gasteiger partial charge in [0.15, 0.2) is 0 Å². The van der Waals surface area contributed by atoms with E-state index in [2.05, 4.69) is 39.1 Å². The summed E-state index contributed by atoms with van der Waals surface area (Å²) in [6.07, 6.45) is 3.11. The lowest BCUT2D eigenvalue weighted by Gasteiger charge is -2.05. The molecule has 1 rings (SSSR count). The van der Waals surface area contributed by atoms with Gasteiger partial charge in [0.1, 0.15) is 0 Å². The fourth-order valence-electron chi connectivity index (χ4n) is 2.43. The minimum absolute atomic E-state index is 0.0467. The quantitative estimate of drug-likeness (QED) is 0.557. The largest absolute Gasteiger partial charge is 0.370 e. The Hall–Kier alpha value is -1.32. The topological polar surface area (TPSA) is 72.2 Å². The van der Waals surface area contributed by atoms with Crippen molar-refractivity contribution in [1.29, 1.82) is 0 Å². The zero-order chi connectivity index (χ0) is 13.9. The van der Waals surface area contributed by atoms with Gasteiger partial charge in [-0.25, -0.2) is 0 Å². The summed E-state index contributed by atoms with van der Waals surface area (Å²) >= 11 is 0. The van der Waals surface area contributed by atoms with Gasteiger partial charge in [0.05, 0.1) is 5.92 Å². The second-order valence-corrected chi connectivity index (χ2v) is 5.93. The zero-order valence-corrected chi connectivity index (χ0v) is 11.7. The van der Waals surface area contributed by atoms with Gasteiger partial charge in [0.2, 0.25) is 11.8 Å². The Morgan fingerprint density at radius 1 is 1.33 bits per heavy atom. The lowest BCUT2D eigenvalue weighted by atomic mass is 10.1. The minimum atomic E-state index is -0.321. The molecule has 0 aromatic carbocycles. The molecular weight excluding hydrogens is 228 g/mol. The van der Waals surface area contributed by atoms with Gasteiger partial charge in [0.25, 0.3) is 0 Å². The molecule has 0 aromatic rings. The van der Waals surface area contributed by atoms with Crippen LogP contribution < -0.4 is 11.1 Å². The van der Waals surface area contributed by atoms with E-state index in [1.807, 2.05) is 0 Å². The Morgan fingerprint density at radius 3 is 2.44 bits per heavy atom. The van der Waals surface area contributed by atoms with Crippen LogP contribution in [0.25, 0.3) is 0 Å². The minimum Gasteiger partial charge on any atom is -0.370 e. The van der Waals surface area contributed by atoms with Crippen molar-refractivity contribution in [2.45, 2.75) is 40.5 Å². The van der Waals surface area contributed by atoms with E-state index in [9.17, 15) is 9.59 Å². The molecular formula is C14H24N2O2. The highest BCUT2D eigenvalue weighted by Gasteiger charge is 2.60. The van der Waals surface area contributed by atoms with Crippen LogP contribution in [-0.2, 0) is 9.59 Å². The van der Waals surface area contributed by atoms with Crippen molar-refractivity contribution in [2.24, 2.45) is 23.0 Å². The number of primary amides is 1. The van der Waals surface area contributed by atoms with Gasteiger partial charge in [-0.2, -0.15) is 0 Å². The maximum atomic E-state index is 12.0. The second kappa shape index (κ2) is 5.55. The standard InChI is InChI=1S/C14H24N2O2/c1-9(2)8-10-12(14(10,3)4)13(18)16-7-5-6-11(15)17/h8,10,12H,5-7H2,1-4H3,(H2,15,17)(H,16,18)/t10-,12-/m0/s1. The van der Waals surface area contributed by atoms with Crippen LogP contribution >= 0.6 is 0 Å². The van der Waals surface area contributed by atoms with E-state index in [1.54, 1.807) is 0 Å². The lowest BCUT2D eigenvalue weighted by molar-refractivity contribution is -0.123. The third-order valence-electron chi connectivity index (χ3n) is 3.61. The molecule has 0 aliphatic heterocycles. The Bertz CT molecular complexity index is 368. The number of carbonyl (C=O) groups excluding carboxylic acids is 2. The highest BCUT2D eigenvalue weighted by molar-refractivity contribution is 5.83. The van der Waals surface area contributed by atoms with Crippen LogP contribution in [0.15, 0.2) is 11.6 Å². The highest BCUT2D eigenvalue weighted by atomic mass is 16.2. The molecule has 0 spiro atoms. The van der Waals surface area contributed by atoms with Gasteiger partial charge in [-0.3, -0.25) is 9.59 Å². The molecule has 0 saturated heterocycles. The van der Waals surface area contributed by atoms with E-state index >= 15 is 0 Å². The number of allylic oxidation sites excluding steroid dienone is 2. The molecule has 4 nitrogen and oxygen atoms in total. The van der Waals surface area contributed by atoms with Gasteiger partial charge < -0.3 is 11.1 Å². The zero-order valence-electron chi connectivity index (χ0n) is 11.7. The lowest BCUT2D eigenvalue weighted by Crippen LogP contribution is -2.28. The summed E-state index contributed by atoms with van der Waals surface area (Å²) in [6, 6.07) is 0. The number of amides is 2. The van der Waals surface area contributed by atoms with E-state index in [4.69, 9.17) is 5.73 Å². The van der Waals surface area contributed by atoms with Crippen LogP contribution in [0.4, 0.5) is 0 Å². The van der Waals surface area contributed by atoms with Gasteiger partial charge in [0, 0.05) is 13.0 Å². The summed E-state index contributed by atoms with van der Waals surface area (Å²) < 4.78 is 0. The van der Waals surface area contributed by atoms with Crippen LogP contribution in [0.3, 0.4) is 0 Å². The fourth-order valence-corrected chi connectivity index (χ4v) is 2.43. The fraction of sp³-hybridized carbons (Fsp3) is 0.714. The van der Waals surface area contributed by atoms with Gasteiger partial charge in [-0.05, 0) is 31.6 Å². The molecule has 3 N–H and O–H groups in total. The average Bonchev–Trinajstić information content (AvgIpc) is 2.74. The van der Waals surface area contributed by atoms with Crippen LogP contribution in [0.2, 0.25) is 0 Å². The Balaban J connectivity index is 2.39. The molecule has 4 heteroatoms. The van der Waals surface area contributed by atoms with E-state index < -0.39 is 0 Å². The van der Waals surface area contributed by atoms with E-state index in [0.717, 1.165) is 0 Å². The van der Waals surface area contributed by atoms with Crippen molar-refractivity contribution in [3.63, 3.8) is 0 Å². The molecule has 0 bridgehead atoms. The van der Waals surface area contributed by atoms with Crippen molar-refractivity contribution in [3.8, 4) is 0 Å². The van der Waals surface area contributed by atoms with Crippen LogP contribution in [0.1, 0.15) is 40.5 Å². The third-order valence-corrected chi connectivity index (χ3v) is 3.61. The molecule has 102 valence electrons. The first-order chi connectivity index (χ1) is 8.26.